The van der Waals surface area contributed by atoms with Crippen LogP contribution in [0.4, 0.5) is 5.69 Å². The molecule has 1 atom stereocenters. The number of rotatable bonds is 5. The normalized spacial score (nSPS) is 13.4. The SMILES string of the molecule is C[C@@H](N)c1ccc(N(C)CCS(C)(=O)=O)cn1. The maximum Gasteiger partial charge on any atom is 0.149 e. The summed E-state index contributed by atoms with van der Waals surface area (Å²) in [6, 6.07) is 3.66. The molecule has 17 heavy (non-hydrogen) atoms. The molecule has 0 aromatic carbocycles. The lowest BCUT2D eigenvalue weighted by molar-refractivity contribution is 0.601. The van der Waals surface area contributed by atoms with E-state index < -0.39 is 9.84 Å². The summed E-state index contributed by atoms with van der Waals surface area (Å²) in [7, 11) is -1.09. The smallest absolute Gasteiger partial charge is 0.149 e. The Morgan fingerprint density at radius 2 is 2.12 bits per heavy atom. The number of hydrogen-bond acceptors (Lipinski definition) is 5. The van der Waals surface area contributed by atoms with Gasteiger partial charge in [-0.05, 0) is 19.1 Å². The van der Waals surface area contributed by atoms with Gasteiger partial charge in [0, 0.05) is 25.9 Å². The van der Waals surface area contributed by atoms with E-state index in [1.54, 1.807) is 6.20 Å². The second-order valence-electron chi connectivity index (χ2n) is 4.28. The Hall–Kier alpha value is -1.14. The summed E-state index contributed by atoms with van der Waals surface area (Å²) in [6.07, 6.45) is 2.94. The quantitative estimate of drug-likeness (QED) is 0.835. The topological polar surface area (TPSA) is 76.3 Å². The fourth-order valence-electron chi connectivity index (χ4n) is 1.32. The third kappa shape index (κ3) is 4.70. The van der Waals surface area contributed by atoms with Crippen molar-refractivity contribution in [1.82, 2.24) is 4.98 Å². The molecule has 0 saturated carbocycles. The molecule has 0 fully saturated rings. The molecule has 96 valence electrons. The van der Waals surface area contributed by atoms with E-state index in [-0.39, 0.29) is 11.8 Å². The number of hydrogen-bond donors (Lipinski definition) is 1. The number of nitrogens with zero attached hydrogens (tertiary/aromatic N) is 2. The fraction of sp³-hybridized carbons (Fsp3) is 0.545. The minimum Gasteiger partial charge on any atom is -0.372 e. The van der Waals surface area contributed by atoms with E-state index in [2.05, 4.69) is 4.98 Å². The van der Waals surface area contributed by atoms with E-state index in [0.29, 0.717) is 6.54 Å². The molecule has 0 radical (unpaired) electrons. The first kappa shape index (κ1) is 13.9. The van der Waals surface area contributed by atoms with Crippen molar-refractivity contribution in [2.24, 2.45) is 5.73 Å². The van der Waals surface area contributed by atoms with E-state index in [4.69, 9.17) is 5.73 Å². The van der Waals surface area contributed by atoms with Gasteiger partial charge in [-0.1, -0.05) is 0 Å². The highest BCUT2D eigenvalue weighted by Crippen LogP contribution is 2.13. The predicted octanol–water partition coefficient (Wildman–Crippen LogP) is 0.582. The van der Waals surface area contributed by atoms with Gasteiger partial charge in [0.05, 0.1) is 23.3 Å². The number of aromatic nitrogens is 1. The molecule has 6 heteroatoms. The largest absolute Gasteiger partial charge is 0.372 e. The van der Waals surface area contributed by atoms with Gasteiger partial charge in [0.25, 0.3) is 0 Å². The minimum atomic E-state index is -2.93. The first-order valence-electron chi connectivity index (χ1n) is 5.40. The van der Waals surface area contributed by atoms with Gasteiger partial charge < -0.3 is 10.6 Å². The van der Waals surface area contributed by atoms with Gasteiger partial charge >= 0.3 is 0 Å². The minimum absolute atomic E-state index is 0.0922. The van der Waals surface area contributed by atoms with E-state index >= 15 is 0 Å². The standard InChI is InChI=1S/C11H19N3O2S/c1-9(12)11-5-4-10(8-13-11)14(2)6-7-17(3,15)16/h4-5,8-9H,6-7,12H2,1-3H3/t9-/m1/s1. The molecule has 1 aromatic heterocycles. The summed E-state index contributed by atoms with van der Waals surface area (Å²) in [4.78, 5) is 6.09. The lowest BCUT2D eigenvalue weighted by Crippen LogP contribution is -2.25. The lowest BCUT2D eigenvalue weighted by atomic mass is 10.2. The van der Waals surface area contributed by atoms with Crippen molar-refractivity contribution in [2.75, 3.05) is 30.5 Å². The van der Waals surface area contributed by atoms with Crippen molar-refractivity contribution >= 4 is 15.5 Å². The highest BCUT2D eigenvalue weighted by molar-refractivity contribution is 7.90. The summed E-state index contributed by atoms with van der Waals surface area (Å²) in [6.45, 7) is 2.33. The van der Waals surface area contributed by atoms with E-state index in [1.165, 1.54) is 6.26 Å². The van der Waals surface area contributed by atoms with Crippen LogP contribution >= 0.6 is 0 Å². The van der Waals surface area contributed by atoms with Crippen molar-refractivity contribution in [2.45, 2.75) is 13.0 Å². The molecule has 1 rings (SSSR count). The summed E-state index contributed by atoms with van der Waals surface area (Å²) >= 11 is 0. The third-order valence-corrected chi connectivity index (χ3v) is 3.40. The Bertz CT molecular complexity index is 454. The van der Waals surface area contributed by atoms with Gasteiger partial charge in [0.15, 0.2) is 0 Å². The molecular formula is C11H19N3O2S. The fourth-order valence-corrected chi connectivity index (χ4v) is 1.93. The van der Waals surface area contributed by atoms with Gasteiger partial charge in [-0.25, -0.2) is 8.42 Å². The summed E-state index contributed by atoms with van der Waals surface area (Å²) < 4.78 is 22.1. The van der Waals surface area contributed by atoms with Crippen LogP contribution in [0.25, 0.3) is 0 Å². The van der Waals surface area contributed by atoms with Crippen LogP contribution < -0.4 is 10.6 Å². The zero-order valence-corrected chi connectivity index (χ0v) is 11.2. The van der Waals surface area contributed by atoms with Gasteiger partial charge in [0.2, 0.25) is 0 Å². The Morgan fingerprint density at radius 3 is 2.53 bits per heavy atom. The van der Waals surface area contributed by atoms with Crippen LogP contribution in [0.3, 0.4) is 0 Å². The second-order valence-corrected chi connectivity index (χ2v) is 6.54. The van der Waals surface area contributed by atoms with E-state index in [1.807, 2.05) is 31.0 Å². The van der Waals surface area contributed by atoms with E-state index in [0.717, 1.165) is 11.4 Å². The average Bonchev–Trinajstić information content (AvgIpc) is 2.25. The molecule has 0 saturated heterocycles. The summed E-state index contributed by atoms with van der Waals surface area (Å²) in [5.74, 6) is 0.137. The predicted molar refractivity (Wildman–Crippen MR) is 69.8 cm³/mol. The van der Waals surface area contributed by atoms with Crippen molar-refractivity contribution in [1.29, 1.82) is 0 Å². The average molecular weight is 257 g/mol. The molecule has 0 aliphatic carbocycles. The van der Waals surface area contributed by atoms with Crippen molar-refractivity contribution < 1.29 is 8.42 Å². The zero-order chi connectivity index (χ0) is 13.1. The zero-order valence-electron chi connectivity index (χ0n) is 10.4. The highest BCUT2D eigenvalue weighted by atomic mass is 32.2. The van der Waals surface area contributed by atoms with Crippen LogP contribution in [-0.4, -0.2) is 39.0 Å². The maximum atomic E-state index is 11.1. The Labute approximate surface area is 103 Å². The Morgan fingerprint density at radius 1 is 1.47 bits per heavy atom. The molecule has 0 aliphatic heterocycles. The molecule has 1 heterocycles. The monoisotopic (exact) mass is 257 g/mol. The van der Waals surface area contributed by atoms with Crippen LogP contribution in [-0.2, 0) is 9.84 Å². The first-order valence-corrected chi connectivity index (χ1v) is 7.46. The van der Waals surface area contributed by atoms with Crippen LogP contribution in [0.5, 0.6) is 0 Å². The third-order valence-electron chi connectivity index (χ3n) is 2.48. The van der Waals surface area contributed by atoms with Gasteiger partial charge in [-0.3, -0.25) is 4.98 Å². The molecule has 2 N–H and O–H groups in total. The maximum absolute atomic E-state index is 11.1. The first-order chi connectivity index (χ1) is 7.79. The van der Waals surface area contributed by atoms with Gasteiger partial charge in [-0.15, -0.1) is 0 Å². The van der Waals surface area contributed by atoms with Gasteiger partial charge in [0.1, 0.15) is 9.84 Å². The number of sulfone groups is 1. The van der Waals surface area contributed by atoms with E-state index in [9.17, 15) is 8.42 Å². The van der Waals surface area contributed by atoms with Crippen LogP contribution in [0.1, 0.15) is 18.7 Å². The second kappa shape index (κ2) is 5.46. The molecule has 0 bridgehead atoms. The molecule has 0 aliphatic rings. The number of nitrogens with two attached hydrogens (primary N) is 1. The highest BCUT2D eigenvalue weighted by Gasteiger charge is 2.07. The number of anilines is 1. The molecule has 1 aromatic rings. The number of pyridine rings is 1. The molecule has 0 unspecified atom stereocenters. The molecule has 0 spiro atoms. The molecule has 5 nitrogen and oxygen atoms in total. The van der Waals surface area contributed by atoms with Crippen LogP contribution in [0.15, 0.2) is 18.3 Å². The lowest BCUT2D eigenvalue weighted by Gasteiger charge is -2.18. The van der Waals surface area contributed by atoms with Gasteiger partial charge in [-0.2, -0.15) is 0 Å². The van der Waals surface area contributed by atoms with Crippen molar-refractivity contribution in [3.05, 3.63) is 24.0 Å². The van der Waals surface area contributed by atoms with Crippen LogP contribution in [0, 0.1) is 0 Å². The summed E-state index contributed by atoms with van der Waals surface area (Å²) in [5, 5.41) is 0. The Kier molecular flexibility index (Phi) is 4.47. The molecule has 0 amide bonds. The van der Waals surface area contributed by atoms with Crippen molar-refractivity contribution in [3.8, 4) is 0 Å². The van der Waals surface area contributed by atoms with Crippen LogP contribution in [0.2, 0.25) is 0 Å². The Balaban J connectivity index is 2.67. The molecular weight excluding hydrogens is 238 g/mol. The van der Waals surface area contributed by atoms with Crippen molar-refractivity contribution in [3.63, 3.8) is 0 Å². The summed E-state index contributed by atoms with van der Waals surface area (Å²) in [5.41, 5.74) is 7.41.